The second-order valence-corrected chi connectivity index (χ2v) is 4.28. The second kappa shape index (κ2) is 4.73. The number of anilines is 1. The van der Waals surface area contributed by atoms with Gasteiger partial charge in [0, 0.05) is 18.7 Å². The van der Waals surface area contributed by atoms with Crippen molar-refractivity contribution < 1.29 is 4.79 Å². The van der Waals surface area contributed by atoms with Crippen molar-refractivity contribution in [1.82, 2.24) is 19.7 Å². The Balaban J connectivity index is 2.48. The average molecular weight is 266 g/mol. The van der Waals surface area contributed by atoms with Crippen molar-refractivity contribution in [2.45, 2.75) is 20.8 Å². The number of nitrogens with zero attached hydrogens (tertiary/aromatic N) is 4. The Bertz CT molecular complexity index is 607. The van der Waals surface area contributed by atoms with E-state index in [2.05, 4.69) is 20.4 Å². The number of rotatable bonds is 2. The maximum absolute atomic E-state index is 11.0. The minimum Gasteiger partial charge on any atom is -0.311 e. The Labute approximate surface area is 109 Å². The number of hydrogen-bond acceptors (Lipinski definition) is 4. The third kappa shape index (κ3) is 2.65. The van der Waals surface area contributed by atoms with E-state index in [1.807, 2.05) is 19.9 Å². The van der Waals surface area contributed by atoms with Crippen LogP contribution in [0.5, 0.6) is 0 Å². The lowest BCUT2D eigenvalue weighted by molar-refractivity contribution is -0.114. The first-order chi connectivity index (χ1) is 8.45. The number of nitrogens with one attached hydrogen (secondary N) is 1. The second-order valence-electron chi connectivity index (χ2n) is 3.90. The van der Waals surface area contributed by atoms with Crippen LogP contribution >= 0.6 is 11.6 Å². The van der Waals surface area contributed by atoms with Crippen LogP contribution in [-0.4, -0.2) is 25.7 Å². The minimum atomic E-state index is -0.218. The van der Waals surface area contributed by atoms with E-state index in [0.29, 0.717) is 11.8 Å². The van der Waals surface area contributed by atoms with Crippen LogP contribution in [0.15, 0.2) is 12.1 Å². The molecule has 7 heteroatoms. The number of carbonyl (C=O) groups excluding carboxylic acids is 1. The summed E-state index contributed by atoms with van der Waals surface area (Å²) in [6, 6.07) is 3.39. The van der Waals surface area contributed by atoms with Crippen LogP contribution in [0.2, 0.25) is 5.15 Å². The van der Waals surface area contributed by atoms with Gasteiger partial charge in [0.1, 0.15) is 11.0 Å². The standard InChI is InChI=1S/C11H12ClN5O/c1-6-4-7(2)17(16-6)11-14-9(12)5-10(15-11)13-8(3)18/h4-5H,1-3H3,(H,13,14,15,18). The van der Waals surface area contributed by atoms with Crippen LogP contribution in [0.3, 0.4) is 0 Å². The maximum atomic E-state index is 11.0. The lowest BCUT2D eigenvalue weighted by Crippen LogP contribution is -2.11. The summed E-state index contributed by atoms with van der Waals surface area (Å²) < 4.78 is 1.58. The molecule has 0 aliphatic heterocycles. The van der Waals surface area contributed by atoms with Gasteiger partial charge in [-0.15, -0.1) is 0 Å². The van der Waals surface area contributed by atoms with Crippen molar-refractivity contribution in [3.63, 3.8) is 0 Å². The molecule has 0 saturated heterocycles. The van der Waals surface area contributed by atoms with Gasteiger partial charge in [0.15, 0.2) is 0 Å². The molecule has 94 valence electrons. The molecule has 2 heterocycles. The number of amides is 1. The van der Waals surface area contributed by atoms with Crippen molar-refractivity contribution in [3.8, 4) is 5.95 Å². The third-order valence-corrected chi connectivity index (χ3v) is 2.38. The summed E-state index contributed by atoms with van der Waals surface area (Å²) in [4.78, 5) is 19.3. The number of aromatic nitrogens is 4. The fourth-order valence-electron chi connectivity index (χ4n) is 1.58. The molecule has 0 unspecified atom stereocenters. The Hall–Kier alpha value is -1.95. The highest BCUT2D eigenvalue weighted by Crippen LogP contribution is 2.15. The van der Waals surface area contributed by atoms with Gasteiger partial charge in [-0.25, -0.2) is 4.68 Å². The molecule has 0 aliphatic rings. The van der Waals surface area contributed by atoms with Crippen molar-refractivity contribution >= 4 is 23.3 Å². The van der Waals surface area contributed by atoms with Crippen molar-refractivity contribution in [3.05, 3.63) is 28.7 Å². The van der Waals surface area contributed by atoms with Crippen LogP contribution < -0.4 is 5.32 Å². The predicted octanol–water partition coefficient (Wildman–Crippen LogP) is 1.89. The summed E-state index contributed by atoms with van der Waals surface area (Å²) in [5, 5.41) is 7.08. The van der Waals surface area contributed by atoms with E-state index in [1.54, 1.807) is 4.68 Å². The Morgan fingerprint density at radius 1 is 1.33 bits per heavy atom. The predicted molar refractivity (Wildman–Crippen MR) is 67.9 cm³/mol. The van der Waals surface area contributed by atoms with Crippen LogP contribution in [0.1, 0.15) is 18.3 Å². The van der Waals surface area contributed by atoms with Crippen LogP contribution in [-0.2, 0) is 4.79 Å². The van der Waals surface area contributed by atoms with Gasteiger partial charge in [0.2, 0.25) is 5.91 Å². The van der Waals surface area contributed by atoms with Gasteiger partial charge < -0.3 is 5.32 Å². The SMILES string of the molecule is CC(=O)Nc1cc(Cl)nc(-n2nc(C)cc2C)n1. The lowest BCUT2D eigenvalue weighted by atomic mass is 10.4. The van der Waals surface area contributed by atoms with E-state index in [9.17, 15) is 4.79 Å². The first kappa shape index (κ1) is 12.5. The Kier molecular flexibility index (Phi) is 3.29. The molecule has 0 atom stereocenters. The number of halogens is 1. The molecule has 0 bridgehead atoms. The van der Waals surface area contributed by atoms with Gasteiger partial charge in [-0.2, -0.15) is 15.1 Å². The zero-order chi connectivity index (χ0) is 13.3. The smallest absolute Gasteiger partial charge is 0.254 e. The molecular weight excluding hydrogens is 254 g/mol. The minimum absolute atomic E-state index is 0.218. The summed E-state index contributed by atoms with van der Waals surface area (Å²) >= 11 is 5.90. The van der Waals surface area contributed by atoms with Crippen molar-refractivity contribution in [2.24, 2.45) is 0 Å². The zero-order valence-corrected chi connectivity index (χ0v) is 11.0. The highest BCUT2D eigenvalue weighted by molar-refractivity contribution is 6.29. The third-order valence-electron chi connectivity index (χ3n) is 2.19. The highest BCUT2D eigenvalue weighted by Gasteiger charge is 2.10. The van der Waals surface area contributed by atoms with Crippen LogP contribution in [0.25, 0.3) is 5.95 Å². The van der Waals surface area contributed by atoms with Gasteiger partial charge in [-0.3, -0.25) is 4.79 Å². The van der Waals surface area contributed by atoms with Gasteiger partial charge in [-0.05, 0) is 19.9 Å². The van der Waals surface area contributed by atoms with Crippen LogP contribution in [0, 0.1) is 13.8 Å². The average Bonchev–Trinajstić information content (AvgIpc) is 2.55. The van der Waals surface area contributed by atoms with Crippen LogP contribution in [0.4, 0.5) is 5.82 Å². The van der Waals surface area contributed by atoms with Gasteiger partial charge >= 0.3 is 0 Å². The number of carbonyl (C=O) groups is 1. The summed E-state index contributed by atoms with van der Waals surface area (Å²) in [5.41, 5.74) is 1.75. The van der Waals surface area contributed by atoms with E-state index in [0.717, 1.165) is 11.4 Å². The molecule has 2 rings (SSSR count). The lowest BCUT2D eigenvalue weighted by Gasteiger charge is -2.06. The van der Waals surface area contributed by atoms with Gasteiger partial charge in [0.25, 0.3) is 5.95 Å². The topological polar surface area (TPSA) is 72.7 Å². The van der Waals surface area contributed by atoms with Gasteiger partial charge in [0.05, 0.1) is 5.69 Å². The Morgan fingerprint density at radius 2 is 2.06 bits per heavy atom. The summed E-state index contributed by atoms with van der Waals surface area (Å²) in [6.07, 6.45) is 0. The molecule has 2 aromatic rings. The fourth-order valence-corrected chi connectivity index (χ4v) is 1.76. The molecule has 2 aromatic heterocycles. The molecule has 0 radical (unpaired) electrons. The summed E-state index contributed by atoms with van der Waals surface area (Å²) in [7, 11) is 0. The highest BCUT2D eigenvalue weighted by atomic mass is 35.5. The first-order valence-electron chi connectivity index (χ1n) is 5.31. The molecule has 0 aliphatic carbocycles. The fraction of sp³-hybridized carbons (Fsp3) is 0.273. The Morgan fingerprint density at radius 3 is 2.61 bits per heavy atom. The van der Waals surface area contributed by atoms with E-state index in [4.69, 9.17) is 11.6 Å². The van der Waals surface area contributed by atoms with Gasteiger partial charge in [-0.1, -0.05) is 11.6 Å². The van der Waals surface area contributed by atoms with E-state index in [1.165, 1.54) is 13.0 Å². The number of aryl methyl sites for hydroxylation is 2. The quantitative estimate of drug-likeness (QED) is 0.842. The van der Waals surface area contributed by atoms with E-state index < -0.39 is 0 Å². The molecule has 18 heavy (non-hydrogen) atoms. The maximum Gasteiger partial charge on any atom is 0.254 e. The monoisotopic (exact) mass is 265 g/mol. The van der Waals surface area contributed by atoms with E-state index >= 15 is 0 Å². The first-order valence-corrected chi connectivity index (χ1v) is 5.69. The van der Waals surface area contributed by atoms with Crippen molar-refractivity contribution in [2.75, 3.05) is 5.32 Å². The largest absolute Gasteiger partial charge is 0.311 e. The molecule has 0 aromatic carbocycles. The van der Waals surface area contributed by atoms with Crippen molar-refractivity contribution in [1.29, 1.82) is 0 Å². The normalized spacial score (nSPS) is 10.4. The molecule has 0 fully saturated rings. The molecule has 6 nitrogen and oxygen atoms in total. The zero-order valence-electron chi connectivity index (χ0n) is 10.2. The summed E-state index contributed by atoms with van der Waals surface area (Å²) in [6.45, 7) is 5.17. The molecular formula is C11H12ClN5O. The number of hydrogen-bond donors (Lipinski definition) is 1. The molecule has 1 amide bonds. The summed E-state index contributed by atoms with van der Waals surface area (Å²) in [5.74, 6) is 0.464. The molecule has 0 saturated carbocycles. The molecule has 0 spiro atoms. The van der Waals surface area contributed by atoms with E-state index in [-0.39, 0.29) is 11.1 Å². The molecule has 1 N–H and O–H groups in total.